The monoisotopic (exact) mass is 338 g/mol. The molecule has 0 fully saturated rings. The van der Waals surface area contributed by atoms with Gasteiger partial charge in [-0.25, -0.2) is 4.98 Å². The molecule has 2 N–H and O–H groups in total. The molecular weight excluding hydrogens is 324 g/mol. The highest BCUT2D eigenvalue weighted by Gasteiger charge is 2.15. The Balaban J connectivity index is 1.82. The summed E-state index contributed by atoms with van der Waals surface area (Å²) in [6.45, 7) is 0. The summed E-state index contributed by atoms with van der Waals surface area (Å²) in [5.41, 5.74) is 5.32. The van der Waals surface area contributed by atoms with Crippen LogP contribution in [-0.4, -0.2) is 27.3 Å². The third-order valence-corrected chi connectivity index (χ3v) is 4.10. The van der Waals surface area contributed by atoms with Gasteiger partial charge in [-0.05, 0) is 17.7 Å². The second kappa shape index (κ2) is 7.47. The number of aliphatic carboxylic acids is 1. The van der Waals surface area contributed by atoms with Gasteiger partial charge in [0, 0.05) is 22.8 Å². The smallest absolute Gasteiger partial charge is 0.308 e. The van der Waals surface area contributed by atoms with Crippen LogP contribution in [0.4, 0.5) is 5.13 Å². The van der Waals surface area contributed by atoms with Crippen LogP contribution in [0.2, 0.25) is 0 Å². The van der Waals surface area contributed by atoms with E-state index in [-0.39, 0.29) is 6.42 Å². The van der Waals surface area contributed by atoms with Crippen molar-refractivity contribution in [3.05, 3.63) is 65.3 Å². The molecule has 0 atom stereocenters. The van der Waals surface area contributed by atoms with E-state index in [0.29, 0.717) is 15.7 Å². The number of hydrazone groups is 1. The van der Waals surface area contributed by atoms with Crippen LogP contribution < -0.4 is 5.43 Å². The van der Waals surface area contributed by atoms with Gasteiger partial charge in [-0.1, -0.05) is 41.7 Å². The summed E-state index contributed by atoms with van der Waals surface area (Å²) in [4.78, 5) is 20.2. The molecule has 120 valence electrons. The minimum absolute atomic E-state index is 0.0718. The minimum Gasteiger partial charge on any atom is -0.481 e. The Kier molecular flexibility index (Phi) is 4.93. The summed E-state index contributed by atoms with van der Waals surface area (Å²) in [6, 6.07) is 13.2. The van der Waals surface area contributed by atoms with Gasteiger partial charge >= 0.3 is 5.97 Å². The molecule has 1 aromatic carbocycles. The van der Waals surface area contributed by atoms with Gasteiger partial charge in [0.2, 0.25) is 5.13 Å². The number of benzene rings is 1. The summed E-state index contributed by atoms with van der Waals surface area (Å²) in [6.07, 6.45) is 4.95. The summed E-state index contributed by atoms with van der Waals surface area (Å²) >= 11 is 1.29. The van der Waals surface area contributed by atoms with Crippen molar-refractivity contribution in [2.24, 2.45) is 5.10 Å². The first kappa shape index (κ1) is 15.8. The number of nitrogens with zero attached hydrogens (tertiary/aromatic N) is 3. The van der Waals surface area contributed by atoms with Gasteiger partial charge in [0.15, 0.2) is 0 Å². The highest BCUT2D eigenvalue weighted by Crippen LogP contribution is 2.31. The zero-order valence-electron chi connectivity index (χ0n) is 12.6. The quantitative estimate of drug-likeness (QED) is 0.532. The van der Waals surface area contributed by atoms with Gasteiger partial charge in [0.25, 0.3) is 0 Å². The molecule has 6 nitrogen and oxygen atoms in total. The molecule has 0 aliphatic rings. The van der Waals surface area contributed by atoms with E-state index in [1.807, 2.05) is 42.5 Å². The van der Waals surface area contributed by atoms with E-state index >= 15 is 0 Å². The molecule has 0 amide bonds. The van der Waals surface area contributed by atoms with E-state index in [2.05, 4.69) is 20.5 Å². The average molecular weight is 338 g/mol. The molecular formula is C17H14N4O2S. The number of carboxylic acids is 1. The summed E-state index contributed by atoms with van der Waals surface area (Å²) in [5.74, 6) is -0.886. The Labute approximate surface area is 142 Å². The van der Waals surface area contributed by atoms with E-state index < -0.39 is 5.97 Å². The summed E-state index contributed by atoms with van der Waals surface area (Å²) in [5, 5.41) is 13.8. The normalized spacial score (nSPS) is 10.8. The van der Waals surface area contributed by atoms with Gasteiger partial charge in [-0.2, -0.15) is 5.10 Å². The maximum atomic E-state index is 11.1. The lowest BCUT2D eigenvalue weighted by Gasteiger charge is -1.99. The van der Waals surface area contributed by atoms with Crippen LogP contribution in [0, 0.1) is 0 Å². The number of thiazole rings is 1. The Morgan fingerprint density at radius 2 is 1.96 bits per heavy atom. The molecule has 0 aliphatic carbocycles. The van der Waals surface area contributed by atoms with Crippen molar-refractivity contribution in [3.63, 3.8) is 0 Å². The van der Waals surface area contributed by atoms with Gasteiger partial charge < -0.3 is 5.11 Å². The Hall–Kier alpha value is -3.06. The molecule has 0 radical (unpaired) electrons. The van der Waals surface area contributed by atoms with Crippen molar-refractivity contribution in [1.82, 2.24) is 9.97 Å². The first-order valence-electron chi connectivity index (χ1n) is 7.18. The molecule has 0 unspecified atom stereocenters. The number of aromatic nitrogens is 2. The lowest BCUT2D eigenvalue weighted by atomic mass is 10.1. The summed E-state index contributed by atoms with van der Waals surface area (Å²) in [7, 11) is 0. The lowest BCUT2D eigenvalue weighted by molar-refractivity contribution is -0.136. The Morgan fingerprint density at radius 3 is 2.67 bits per heavy atom. The average Bonchev–Trinajstić information content (AvgIpc) is 2.98. The van der Waals surface area contributed by atoms with Crippen LogP contribution in [0.1, 0.15) is 10.4 Å². The van der Waals surface area contributed by atoms with Gasteiger partial charge in [0.1, 0.15) is 0 Å². The zero-order chi connectivity index (χ0) is 16.8. The van der Waals surface area contributed by atoms with Crippen molar-refractivity contribution in [2.75, 3.05) is 5.43 Å². The number of hydrogen-bond acceptors (Lipinski definition) is 6. The first-order valence-corrected chi connectivity index (χ1v) is 8.00. The number of carboxylic acid groups (broad SMARTS) is 1. The van der Waals surface area contributed by atoms with Crippen molar-refractivity contribution in [2.45, 2.75) is 6.42 Å². The molecule has 3 rings (SSSR count). The third kappa shape index (κ3) is 4.02. The predicted molar refractivity (Wildman–Crippen MR) is 94.3 cm³/mol. The molecule has 2 aromatic heterocycles. The standard InChI is InChI=1S/C17H14N4O2S/c22-15(23)10-14-16(13-4-2-1-3-5-13)20-17(24-14)21-19-11-12-6-8-18-9-7-12/h1-9,11H,10H2,(H,20,21)(H,22,23)/b19-11-. The first-order chi connectivity index (χ1) is 11.7. The van der Waals surface area contributed by atoms with E-state index in [0.717, 1.165) is 11.1 Å². The van der Waals surface area contributed by atoms with Crippen LogP contribution in [-0.2, 0) is 11.2 Å². The maximum Gasteiger partial charge on any atom is 0.308 e. The highest BCUT2D eigenvalue weighted by molar-refractivity contribution is 7.16. The Bertz CT molecular complexity index is 848. The topological polar surface area (TPSA) is 87.5 Å². The second-order valence-corrected chi connectivity index (χ2v) is 5.96. The second-order valence-electron chi connectivity index (χ2n) is 4.88. The van der Waals surface area contributed by atoms with Gasteiger partial charge in [-0.3, -0.25) is 15.2 Å². The molecule has 7 heteroatoms. The maximum absolute atomic E-state index is 11.1. The zero-order valence-corrected chi connectivity index (χ0v) is 13.4. The van der Waals surface area contributed by atoms with Crippen molar-refractivity contribution in [3.8, 4) is 11.3 Å². The van der Waals surface area contributed by atoms with Crippen molar-refractivity contribution in [1.29, 1.82) is 0 Å². The van der Waals surface area contributed by atoms with Gasteiger partial charge in [0.05, 0.1) is 18.3 Å². The fourth-order valence-electron chi connectivity index (χ4n) is 2.09. The van der Waals surface area contributed by atoms with Crippen LogP contribution >= 0.6 is 11.3 Å². The molecule has 2 heterocycles. The number of nitrogens with one attached hydrogen (secondary N) is 1. The third-order valence-electron chi connectivity index (χ3n) is 3.14. The highest BCUT2D eigenvalue weighted by atomic mass is 32.1. The predicted octanol–water partition coefficient (Wildman–Crippen LogP) is 3.28. The molecule has 0 saturated heterocycles. The molecule has 24 heavy (non-hydrogen) atoms. The van der Waals surface area contributed by atoms with Crippen molar-refractivity contribution < 1.29 is 9.90 Å². The molecule has 0 saturated carbocycles. The van der Waals surface area contributed by atoms with Crippen LogP contribution in [0.5, 0.6) is 0 Å². The van der Waals surface area contributed by atoms with E-state index in [1.165, 1.54) is 11.3 Å². The van der Waals surface area contributed by atoms with Crippen LogP contribution in [0.25, 0.3) is 11.3 Å². The molecule has 0 bridgehead atoms. The molecule has 0 aliphatic heterocycles. The number of rotatable bonds is 6. The Morgan fingerprint density at radius 1 is 1.21 bits per heavy atom. The number of carbonyl (C=O) groups is 1. The van der Waals surface area contributed by atoms with Crippen molar-refractivity contribution >= 4 is 28.7 Å². The fraction of sp³-hybridized carbons (Fsp3) is 0.0588. The largest absolute Gasteiger partial charge is 0.481 e. The number of anilines is 1. The van der Waals surface area contributed by atoms with Crippen LogP contribution in [0.15, 0.2) is 60.0 Å². The van der Waals surface area contributed by atoms with E-state index in [9.17, 15) is 4.79 Å². The number of hydrogen-bond donors (Lipinski definition) is 2. The SMILES string of the molecule is O=C(O)Cc1sc(N/N=C\c2ccncc2)nc1-c1ccccc1. The van der Waals surface area contributed by atoms with E-state index in [1.54, 1.807) is 18.6 Å². The minimum atomic E-state index is -0.886. The van der Waals surface area contributed by atoms with Gasteiger partial charge in [-0.15, -0.1) is 0 Å². The summed E-state index contributed by atoms with van der Waals surface area (Å²) < 4.78 is 0. The van der Waals surface area contributed by atoms with E-state index in [4.69, 9.17) is 5.11 Å². The molecule has 3 aromatic rings. The molecule has 0 spiro atoms. The number of pyridine rings is 1. The lowest BCUT2D eigenvalue weighted by Crippen LogP contribution is -1.99. The fourth-order valence-corrected chi connectivity index (χ4v) is 3.01. The van der Waals surface area contributed by atoms with Crippen LogP contribution in [0.3, 0.4) is 0 Å².